The Morgan fingerprint density at radius 1 is 1.32 bits per heavy atom. The molecule has 104 valence electrons. The molecule has 19 heavy (non-hydrogen) atoms. The fourth-order valence-corrected chi connectivity index (χ4v) is 2.59. The molecular weight excluding hydrogens is 240 g/mol. The largest absolute Gasteiger partial charge is 0.480 e. The molecule has 0 amide bonds. The van der Waals surface area contributed by atoms with Gasteiger partial charge >= 0.3 is 5.97 Å². The third-order valence-electron chi connectivity index (χ3n) is 3.84. The van der Waals surface area contributed by atoms with Crippen molar-refractivity contribution in [1.82, 2.24) is 4.90 Å². The maximum atomic E-state index is 11.0. The van der Waals surface area contributed by atoms with Gasteiger partial charge in [0, 0.05) is 13.1 Å². The van der Waals surface area contributed by atoms with Crippen molar-refractivity contribution >= 4 is 5.97 Å². The number of hydrogen-bond donors (Lipinski definition) is 2. The number of nitrogens with zero attached hydrogens (tertiary/aromatic N) is 1. The smallest absolute Gasteiger partial charge is 0.325 e. The molecule has 1 aliphatic heterocycles. The first-order chi connectivity index (χ1) is 9.10. The molecule has 1 atom stereocenters. The van der Waals surface area contributed by atoms with Gasteiger partial charge in [0.05, 0.1) is 0 Å². The van der Waals surface area contributed by atoms with Crippen LogP contribution in [0.3, 0.4) is 0 Å². The van der Waals surface area contributed by atoms with E-state index in [1.807, 2.05) is 6.07 Å². The van der Waals surface area contributed by atoms with E-state index in [0.717, 1.165) is 32.4 Å². The summed E-state index contributed by atoms with van der Waals surface area (Å²) in [7, 11) is 0. The highest BCUT2D eigenvalue weighted by atomic mass is 16.4. The average molecular weight is 262 g/mol. The number of carbonyl (C=O) groups is 1. The number of unbranched alkanes of at least 4 members (excludes halogenated alkanes) is 1. The lowest BCUT2D eigenvalue weighted by molar-refractivity contribution is -0.142. The normalized spacial score (nSPS) is 23.6. The summed E-state index contributed by atoms with van der Waals surface area (Å²) in [4.78, 5) is 13.2. The summed E-state index contributed by atoms with van der Waals surface area (Å²) in [6, 6.07) is 10.4. The van der Waals surface area contributed by atoms with Crippen LogP contribution in [0.2, 0.25) is 0 Å². The monoisotopic (exact) mass is 262 g/mol. The lowest BCUT2D eigenvalue weighted by Crippen LogP contribution is -2.50. The van der Waals surface area contributed by atoms with Gasteiger partial charge in [0.25, 0.3) is 0 Å². The number of hydrogen-bond acceptors (Lipinski definition) is 3. The molecule has 4 heteroatoms. The summed E-state index contributed by atoms with van der Waals surface area (Å²) in [5.41, 5.74) is 6.18. The van der Waals surface area contributed by atoms with Gasteiger partial charge in [-0.2, -0.15) is 0 Å². The summed E-state index contributed by atoms with van der Waals surface area (Å²) in [6.07, 6.45) is 3.86. The molecule has 1 fully saturated rings. The van der Waals surface area contributed by atoms with Gasteiger partial charge in [0.1, 0.15) is 5.54 Å². The van der Waals surface area contributed by atoms with E-state index in [-0.39, 0.29) is 0 Å². The van der Waals surface area contributed by atoms with Crippen LogP contribution in [-0.4, -0.2) is 41.1 Å². The Morgan fingerprint density at radius 2 is 2.05 bits per heavy atom. The quantitative estimate of drug-likeness (QED) is 0.762. The van der Waals surface area contributed by atoms with Crippen LogP contribution in [0.1, 0.15) is 24.8 Å². The van der Waals surface area contributed by atoms with Gasteiger partial charge in [-0.25, -0.2) is 0 Å². The van der Waals surface area contributed by atoms with Crippen LogP contribution in [0.25, 0.3) is 0 Å². The molecule has 3 N–H and O–H groups in total. The van der Waals surface area contributed by atoms with Crippen LogP contribution in [-0.2, 0) is 11.2 Å². The first kappa shape index (κ1) is 14.0. The Labute approximate surface area is 114 Å². The van der Waals surface area contributed by atoms with Crippen molar-refractivity contribution in [3.63, 3.8) is 0 Å². The van der Waals surface area contributed by atoms with Gasteiger partial charge in [-0.3, -0.25) is 4.79 Å². The number of carboxylic acid groups (broad SMARTS) is 1. The zero-order valence-corrected chi connectivity index (χ0v) is 11.2. The van der Waals surface area contributed by atoms with Crippen molar-refractivity contribution in [1.29, 1.82) is 0 Å². The maximum Gasteiger partial charge on any atom is 0.325 e. The molecule has 2 rings (SSSR count). The fourth-order valence-electron chi connectivity index (χ4n) is 2.59. The van der Waals surface area contributed by atoms with Crippen LogP contribution < -0.4 is 5.73 Å². The SMILES string of the molecule is NC1(C(=O)O)CCN(CCCCc2ccccc2)C1. The van der Waals surface area contributed by atoms with Gasteiger partial charge in [0.2, 0.25) is 0 Å². The average Bonchev–Trinajstić information content (AvgIpc) is 2.79. The molecular formula is C15H22N2O2. The highest BCUT2D eigenvalue weighted by molar-refractivity contribution is 5.79. The Hall–Kier alpha value is -1.39. The Balaban J connectivity index is 1.66. The molecule has 1 aliphatic rings. The number of rotatable bonds is 6. The van der Waals surface area contributed by atoms with E-state index in [1.165, 1.54) is 5.56 Å². The van der Waals surface area contributed by atoms with Crippen molar-refractivity contribution in [2.45, 2.75) is 31.2 Å². The van der Waals surface area contributed by atoms with Crippen molar-refractivity contribution in [3.8, 4) is 0 Å². The van der Waals surface area contributed by atoms with E-state index in [4.69, 9.17) is 10.8 Å². The van der Waals surface area contributed by atoms with Crippen LogP contribution in [0.5, 0.6) is 0 Å². The number of aliphatic carboxylic acids is 1. The number of carboxylic acids is 1. The van der Waals surface area contributed by atoms with E-state index in [9.17, 15) is 4.79 Å². The maximum absolute atomic E-state index is 11.0. The van der Waals surface area contributed by atoms with Crippen LogP contribution >= 0.6 is 0 Å². The number of nitrogens with two attached hydrogens (primary N) is 1. The van der Waals surface area contributed by atoms with E-state index in [2.05, 4.69) is 29.2 Å². The minimum absolute atomic E-state index is 0.480. The molecule has 1 aromatic carbocycles. The zero-order valence-electron chi connectivity index (χ0n) is 11.2. The Kier molecular flexibility index (Phi) is 4.56. The summed E-state index contributed by atoms with van der Waals surface area (Å²) >= 11 is 0. The molecule has 1 saturated heterocycles. The number of aryl methyl sites for hydroxylation is 1. The van der Waals surface area contributed by atoms with Gasteiger partial charge in [-0.1, -0.05) is 30.3 Å². The molecule has 0 saturated carbocycles. The predicted molar refractivity (Wildman–Crippen MR) is 75.0 cm³/mol. The van der Waals surface area contributed by atoms with Gasteiger partial charge < -0.3 is 15.7 Å². The molecule has 0 spiro atoms. The molecule has 1 aromatic rings. The molecule has 0 bridgehead atoms. The fraction of sp³-hybridized carbons (Fsp3) is 0.533. The van der Waals surface area contributed by atoms with Crippen molar-refractivity contribution in [2.75, 3.05) is 19.6 Å². The Morgan fingerprint density at radius 3 is 2.68 bits per heavy atom. The molecule has 4 nitrogen and oxygen atoms in total. The molecule has 0 aliphatic carbocycles. The first-order valence-corrected chi connectivity index (χ1v) is 6.89. The highest BCUT2D eigenvalue weighted by Crippen LogP contribution is 2.19. The molecule has 0 aromatic heterocycles. The third kappa shape index (κ3) is 3.78. The lowest BCUT2D eigenvalue weighted by atomic mass is 10.0. The van der Waals surface area contributed by atoms with Gasteiger partial charge in [0.15, 0.2) is 0 Å². The van der Waals surface area contributed by atoms with Crippen molar-refractivity contribution in [3.05, 3.63) is 35.9 Å². The standard InChI is InChI=1S/C15H22N2O2/c16-15(14(18)19)9-11-17(12-15)10-5-4-8-13-6-2-1-3-7-13/h1-3,6-7H,4-5,8-12,16H2,(H,18,19). The number of likely N-dealkylation sites (tertiary alicyclic amines) is 1. The summed E-state index contributed by atoms with van der Waals surface area (Å²) in [6.45, 7) is 2.22. The minimum atomic E-state index is -1.03. The Bertz CT molecular complexity index is 421. The summed E-state index contributed by atoms with van der Waals surface area (Å²) < 4.78 is 0. The summed E-state index contributed by atoms with van der Waals surface area (Å²) in [5.74, 6) is -0.876. The second-order valence-electron chi connectivity index (χ2n) is 5.43. The highest BCUT2D eigenvalue weighted by Gasteiger charge is 2.40. The second-order valence-corrected chi connectivity index (χ2v) is 5.43. The van der Waals surface area contributed by atoms with Crippen molar-refractivity contribution in [2.24, 2.45) is 5.73 Å². The van der Waals surface area contributed by atoms with E-state index in [0.29, 0.717) is 13.0 Å². The minimum Gasteiger partial charge on any atom is -0.480 e. The van der Waals surface area contributed by atoms with Crippen LogP contribution in [0.4, 0.5) is 0 Å². The third-order valence-corrected chi connectivity index (χ3v) is 3.84. The van der Waals surface area contributed by atoms with Crippen LogP contribution in [0.15, 0.2) is 30.3 Å². The topological polar surface area (TPSA) is 66.6 Å². The van der Waals surface area contributed by atoms with Gasteiger partial charge in [-0.15, -0.1) is 0 Å². The zero-order chi connectivity index (χ0) is 13.7. The predicted octanol–water partition coefficient (Wildman–Crippen LogP) is 1.50. The summed E-state index contributed by atoms with van der Waals surface area (Å²) in [5, 5.41) is 9.06. The van der Waals surface area contributed by atoms with Crippen LogP contribution in [0, 0.1) is 0 Å². The molecule has 1 heterocycles. The van der Waals surface area contributed by atoms with E-state index < -0.39 is 11.5 Å². The van der Waals surface area contributed by atoms with Gasteiger partial charge in [-0.05, 0) is 37.8 Å². The number of benzene rings is 1. The van der Waals surface area contributed by atoms with Crippen molar-refractivity contribution < 1.29 is 9.90 Å². The van der Waals surface area contributed by atoms with E-state index >= 15 is 0 Å². The second kappa shape index (κ2) is 6.17. The lowest BCUT2D eigenvalue weighted by Gasteiger charge is -2.19. The first-order valence-electron chi connectivity index (χ1n) is 6.89. The van der Waals surface area contributed by atoms with E-state index in [1.54, 1.807) is 0 Å². The molecule has 1 unspecified atom stereocenters. The molecule has 0 radical (unpaired) electrons.